The summed E-state index contributed by atoms with van der Waals surface area (Å²) in [7, 11) is 0. The molecule has 2 fully saturated rings. The standard InChI is InChI=1S/C25H19ClN2O5.C23H21ClN2O4.C17H14ClN3O3.C11H9ClN2O2.C6H6ClNO.C3H7N/c26-21-12-18(7-6-15(21)11-24(30)33-17-4-2-1-3-5-17)32-23-8-9-28-22-10-16(14-29)19(25(27)31)13-20(22)23;24-20-10-17(4-3-14(20)8-16(28)7-13-1-2-13)30-22-5-6-26-21-9-15(12-27)18(23(25)29)11-19(21)22;18-13-6-10(1-2-14(13)19)24-16-3-4-21-15-5-9(8-22)11(17(20)23)7-12(15)16;12-9-1-2-14-10-3-6(5-15)7(11(13)16)4-8(9)10;7-5-3-4(9)1-2-6(5)8;4-3-1-2-3/h1-10,12-13,29H,11,14H2,(H2,27,31);3-6,9-11,13,27H,1-2,7-8,12H2,(H2,25,29);1-7,22H,8,19H2,(H2,20,23);1-4,15H,5H2,(H2,13,16);1-3,9H,8H2;3H,1-2,4H2. The van der Waals surface area contributed by atoms with E-state index in [4.69, 9.17) is 127 Å². The summed E-state index contributed by atoms with van der Waals surface area (Å²) in [5.74, 6) is 1.19. The summed E-state index contributed by atoms with van der Waals surface area (Å²) in [6.45, 7) is -1.24. The van der Waals surface area contributed by atoms with E-state index in [0.717, 1.165) is 18.4 Å². The number of nitrogens with zero attached hydrogens (tertiary/aromatic N) is 4. The van der Waals surface area contributed by atoms with Crippen molar-refractivity contribution >= 4 is 148 Å². The summed E-state index contributed by atoms with van der Waals surface area (Å²) in [5, 5.41) is 50.8. The highest BCUT2D eigenvalue weighted by molar-refractivity contribution is 6.35. The normalized spacial score (nSPS) is 11.8. The smallest absolute Gasteiger partial charge is 0.315 e. The number of esters is 1. The zero-order valence-electron chi connectivity index (χ0n) is 61.5. The lowest BCUT2D eigenvalue weighted by Crippen LogP contribution is -2.14. The number of hydrogen-bond acceptors (Lipinski definition) is 22. The third-order valence-electron chi connectivity index (χ3n) is 17.7. The number of benzene rings is 9. The van der Waals surface area contributed by atoms with Crippen molar-refractivity contribution in [3.63, 3.8) is 0 Å². The molecule has 26 nitrogen and oxygen atoms in total. The first-order valence-electron chi connectivity index (χ1n) is 35.5. The summed E-state index contributed by atoms with van der Waals surface area (Å²) in [6, 6.07) is 48.2. The number of nitrogen functional groups attached to an aromatic ring is 2. The van der Waals surface area contributed by atoms with Gasteiger partial charge in [0.15, 0.2) is 0 Å². The monoisotopic (exact) mass is 1670 g/mol. The van der Waals surface area contributed by atoms with Crippen molar-refractivity contribution in [3.05, 3.63) is 281 Å². The number of fused-ring (bicyclic) bond motifs is 4. The van der Waals surface area contributed by atoms with Gasteiger partial charge in [-0.25, -0.2) is 0 Å². The Kier molecular flexibility index (Phi) is 29.8. The highest BCUT2D eigenvalue weighted by Crippen LogP contribution is 2.39. The van der Waals surface area contributed by atoms with Crippen molar-refractivity contribution in [3.8, 4) is 46.0 Å². The number of phenolic OH excluding ortho intramolecular Hbond substituents is 1. The lowest BCUT2D eigenvalue weighted by molar-refractivity contribution is -0.133. The van der Waals surface area contributed by atoms with Gasteiger partial charge in [-0.3, -0.25) is 48.7 Å². The minimum Gasteiger partial charge on any atom is -0.508 e. The number of carbonyl (C=O) groups excluding carboxylic acids is 6. The van der Waals surface area contributed by atoms with Gasteiger partial charge in [-0.05, 0) is 198 Å². The van der Waals surface area contributed by atoms with E-state index in [1.807, 2.05) is 6.07 Å². The Bertz CT molecular complexity index is 5850. The Morgan fingerprint density at radius 1 is 0.379 bits per heavy atom. The number of nitrogens with two attached hydrogens (primary N) is 7. The van der Waals surface area contributed by atoms with E-state index in [1.165, 1.54) is 25.0 Å². The molecule has 0 unspecified atom stereocenters. The largest absolute Gasteiger partial charge is 0.508 e. The number of aliphatic hydroxyl groups excluding tert-OH is 4. The first-order valence-corrected chi connectivity index (χ1v) is 37.4. The fourth-order valence-corrected chi connectivity index (χ4v) is 12.3. The van der Waals surface area contributed by atoms with E-state index in [2.05, 4.69) is 19.9 Å². The first kappa shape index (κ1) is 86.1. The van der Waals surface area contributed by atoms with Crippen molar-refractivity contribution in [2.75, 3.05) is 11.5 Å². The molecule has 31 heteroatoms. The molecule has 0 radical (unpaired) electrons. The molecule has 4 heterocycles. The number of halogens is 5. The number of para-hydroxylation sites is 1. The molecule has 0 atom stereocenters. The van der Waals surface area contributed by atoms with Crippen LogP contribution in [0.25, 0.3) is 43.6 Å². The molecule has 0 bridgehead atoms. The second kappa shape index (κ2) is 40.1. The van der Waals surface area contributed by atoms with Crippen LogP contribution in [0.15, 0.2) is 201 Å². The fraction of sp³-hybridized carbons (Fsp3) is 0.153. The summed E-state index contributed by atoms with van der Waals surface area (Å²) >= 11 is 30.3. The molecule has 596 valence electrons. The number of anilines is 2. The van der Waals surface area contributed by atoms with E-state index in [9.17, 15) is 44.1 Å². The Morgan fingerprint density at radius 2 is 0.733 bits per heavy atom. The highest BCUT2D eigenvalue weighted by Gasteiger charge is 2.25. The number of ether oxygens (including phenoxy) is 4. The van der Waals surface area contributed by atoms with Crippen molar-refractivity contribution < 1.29 is 73.2 Å². The Balaban J connectivity index is 0.000000158. The van der Waals surface area contributed by atoms with Gasteiger partial charge in [-0.1, -0.05) is 88.3 Å². The van der Waals surface area contributed by atoms with Gasteiger partial charge >= 0.3 is 5.97 Å². The maximum absolute atomic E-state index is 12.2. The minimum absolute atomic E-state index is 0.00188. The number of aromatic nitrogens is 4. The molecular formula is C85H76Cl5N11O15. The van der Waals surface area contributed by atoms with Gasteiger partial charge in [0.2, 0.25) is 23.6 Å². The second-order valence-corrected chi connectivity index (χ2v) is 28.3. The molecule has 4 amide bonds. The van der Waals surface area contributed by atoms with Crippen LogP contribution in [0.5, 0.6) is 46.0 Å². The Morgan fingerprint density at radius 3 is 1.09 bits per heavy atom. The average Bonchev–Trinajstić information content (AvgIpc) is 0.910. The molecule has 2 saturated carbocycles. The zero-order valence-corrected chi connectivity index (χ0v) is 65.3. The molecule has 2 aliphatic rings. The molecule has 116 heavy (non-hydrogen) atoms. The van der Waals surface area contributed by atoms with Crippen LogP contribution in [0, 0.1) is 5.92 Å². The van der Waals surface area contributed by atoms with Crippen LogP contribution in [-0.2, 0) is 48.9 Å². The van der Waals surface area contributed by atoms with Crippen molar-refractivity contribution in [1.29, 1.82) is 0 Å². The lowest BCUT2D eigenvalue weighted by atomic mass is 10.0. The fourth-order valence-electron chi connectivity index (χ4n) is 11.3. The molecule has 13 aromatic rings. The van der Waals surface area contributed by atoms with E-state index in [-0.39, 0.29) is 66.6 Å². The summed E-state index contributed by atoms with van der Waals surface area (Å²) in [4.78, 5) is 87.5. The average molecular weight is 1670 g/mol. The summed E-state index contributed by atoms with van der Waals surface area (Å²) in [5.41, 5.74) is 44.9. The van der Waals surface area contributed by atoms with E-state index < -0.39 is 29.6 Å². The van der Waals surface area contributed by atoms with Gasteiger partial charge in [0.1, 0.15) is 51.8 Å². The third-order valence-corrected chi connectivity index (χ3v) is 19.3. The van der Waals surface area contributed by atoms with Gasteiger partial charge < -0.3 is 84.6 Å². The molecule has 2 aliphatic carbocycles. The summed E-state index contributed by atoms with van der Waals surface area (Å²) < 4.78 is 23.1. The van der Waals surface area contributed by atoms with E-state index in [1.54, 1.807) is 183 Å². The molecule has 4 aromatic heterocycles. The van der Waals surface area contributed by atoms with E-state index >= 15 is 0 Å². The molecule has 0 aliphatic heterocycles. The second-order valence-electron chi connectivity index (χ2n) is 26.3. The molecule has 9 aromatic carbocycles. The lowest BCUT2D eigenvalue weighted by Gasteiger charge is -2.12. The number of phenols is 1. The Labute approximate surface area is 688 Å². The molecule has 0 spiro atoms. The highest BCUT2D eigenvalue weighted by atomic mass is 35.5. The van der Waals surface area contributed by atoms with Crippen molar-refractivity contribution in [1.82, 2.24) is 19.9 Å². The van der Waals surface area contributed by atoms with Crippen LogP contribution in [0.2, 0.25) is 25.1 Å². The summed E-state index contributed by atoms with van der Waals surface area (Å²) in [6.07, 6.45) is 12.0. The SMILES string of the molecule is NC(=O)c1cc2c(Cl)ccnc2cc1CO.NC(=O)c1cc2c(Oc3ccc(CC(=O)CC4CC4)c(Cl)c3)ccnc2cc1CO.NC(=O)c1cc2c(Oc3ccc(CC(=O)Oc4ccccc4)c(Cl)c3)ccnc2cc1CO.NC(=O)c1cc2c(Oc3ccc(N)c(Cl)c3)ccnc2cc1CO.NC1CC1.Nc1ccc(O)cc1Cl. The molecular weight excluding hydrogens is 1590 g/mol. The number of pyridine rings is 4. The van der Waals surface area contributed by atoms with Gasteiger partial charge in [-0.2, -0.15) is 0 Å². The van der Waals surface area contributed by atoms with Crippen LogP contribution < -0.4 is 59.1 Å². The first-order chi connectivity index (χ1) is 55.6. The van der Waals surface area contributed by atoms with Crippen molar-refractivity contribution in [2.24, 2.45) is 34.6 Å². The van der Waals surface area contributed by atoms with Crippen LogP contribution >= 0.6 is 58.0 Å². The van der Waals surface area contributed by atoms with Crippen LogP contribution in [0.4, 0.5) is 11.4 Å². The number of aliphatic hydroxyl groups is 4. The van der Waals surface area contributed by atoms with Crippen LogP contribution in [-0.4, -0.2) is 86.9 Å². The van der Waals surface area contributed by atoms with Gasteiger partial charge in [0.05, 0.1) is 81.4 Å². The number of ketones is 1. The Hall–Kier alpha value is -12.3. The van der Waals surface area contributed by atoms with Gasteiger partial charge in [0.25, 0.3) is 0 Å². The third kappa shape index (κ3) is 23.4. The molecule has 0 saturated heterocycles. The van der Waals surface area contributed by atoms with Gasteiger partial charge in [-0.15, -0.1) is 0 Å². The van der Waals surface area contributed by atoms with Gasteiger partial charge in [0, 0.05) is 110 Å². The van der Waals surface area contributed by atoms with Crippen LogP contribution in [0.1, 0.15) is 107 Å². The quantitative estimate of drug-likeness (QED) is 0.0138. The molecule has 15 rings (SSSR count). The topological polar surface area (TPSA) is 474 Å². The van der Waals surface area contributed by atoms with Crippen LogP contribution in [0.3, 0.4) is 0 Å². The minimum atomic E-state index is -0.662. The zero-order chi connectivity index (χ0) is 83.4. The number of aromatic hydroxyl groups is 1. The maximum Gasteiger partial charge on any atom is 0.315 e. The number of primary amides is 4. The predicted molar refractivity (Wildman–Crippen MR) is 445 cm³/mol. The number of rotatable bonds is 21. The van der Waals surface area contributed by atoms with E-state index in [0.29, 0.717) is 173 Å². The number of amides is 4. The maximum atomic E-state index is 12.2. The number of hydrogen-bond donors (Lipinski definition) is 12. The number of Topliss-reactive ketones (excluding diaryl/α,β-unsaturated/α-hetero) is 1. The van der Waals surface area contributed by atoms with Crippen molar-refractivity contribution in [2.45, 2.75) is 77.4 Å². The predicted octanol–water partition coefficient (Wildman–Crippen LogP) is 14.7. The number of carbonyl (C=O) groups is 6. The molecule has 19 N–H and O–H groups in total.